The number of rotatable bonds is 5. The van der Waals surface area contributed by atoms with E-state index in [-0.39, 0.29) is 6.61 Å². The number of hydrogen-bond donors (Lipinski definition) is 1. The van der Waals surface area contributed by atoms with E-state index in [2.05, 4.69) is 0 Å². The summed E-state index contributed by atoms with van der Waals surface area (Å²) in [6.45, 7) is 5.11. The molecule has 1 rings (SSSR count). The van der Waals surface area contributed by atoms with Crippen LogP contribution in [0.4, 0.5) is 0 Å². The monoisotopic (exact) mass is 251 g/mol. The van der Waals surface area contributed by atoms with Gasteiger partial charge in [0.15, 0.2) is 12.7 Å². The molecule has 0 aromatic heterocycles. The third-order valence-electron chi connectivity index (χ3n) is 2.54. The van der Waals surface area contributed by atoms with E-state index < -0.39 is 18.0 Å². The minimum Gasteiger partial charge on any atom is -0.482 e. The Morgan fingerprint density at radius 3 is 2.50 bits per heavy atom. The smallest absolute Gasteiger partial charge is 0.344 e. The highest BCUT2D eigenvalue weighted by molar-refractivity contribution is 5.82. The molecule has 0 saturated heterocycles. The maximum atomic E-state index is 11.3. The first-order valence-electron chi connectivity index (χ1n) is 5.59. The second-order valence-electron chi connectivity index (χ2n) is 4.07. The summed E-state index contributed by atoms with van der Waals surface area (Å²) >= 11 is 0. The summed E-state index contributed by atoms with van der Waals surface area (Å²) in [6.07, 6.45) is -0.944. The van der Waals surface area contributed by atoms with Crippen molar-refractivity contribution in [1.29, 1.82) is 0 Å². The lowest BCUT2D eigenvalue weighted by Crippen LogP contribution is -2.32. The summed E-state index contributed by atoms with van der Waals surface area (Å²) in [5.74, 6) is -0.726. The molecule has 0 spiro atoms. The van der Waals surface area contributed by atoms with E-state index in [1.807, 2.05) is 26.0 Å². The van der Waals surface area contributed by atoms with Gasteiger partial charge in [-0.05, 0) is 44.0 Å². The molecule has 1 aromatic carbocycles. The van der Waals surface area contributed by atoms with Gasteiger partial charge in [0.2, 0.25) is 0 Å². The third-order valence-corrected chi connectivity index (χ3v) is 2.54. The minimum absolute atomic E-state index is 0.250. The molecule has 1 amide bonds. The Hall–Kier alpha value is -2.04. The van der Waals surface area contributed by atoms with Crippen molar-refractivity contribution in [3.63, 3.8) is 0 Å². The molecule has 0 aliphatic carbocycles. The van der Waals surface area contributed by atoms with Crippen molar-refractivity contribution in [1.82, 2.24) is 0 Å². The van der Waals surface area contributed by atoms with Gasteiger partial charge in [-0.2, -0.15) is 0 Å². The van der Waals surface area contributed by atoms with E-state index >= 15 is 0 Å². The lowest BCUT2D eigenvalue weighted by molar-refractivity contribution is -0.155. The zero-order valence-electron chi connectivity index (χ0n) is 10.7. The van der Waals surface area contributed by atoms with E-state index in [9.17, 15) is 9.59 Å². The number of benzene rings is 1. The largest absolute Gasteiger partial charge is 0.482 e. The molecule has 1 aromatic rings. The van der Waals surface area contributed by atoms with Crippen molar-refractivity contribution in [2.24, 2.45) is 5.73 Å². The van der Waals surface area contributed by atoms with Crippen LogP contribution in [0, 0.1) is 13.8 Å². The number of nitrogens with two attached hydrogens (primary N) is 1. The SMILES string of the molecule is Cc1ccc(OCC(=O)O[C@H](C)C(N)=O)cc1C. The second-order valence-corrected chi connectivity index (χ2v) is 4.07. The van der Waals surface area contributed by atoms with E-state index in [1.165, 1.54) is 6.92 Å². The third kappa shape index (κ3) is 4.08. The predicted molar refractivity (Wildman–Crippen MR) is 66.2 cm³/mol. The molecule has 5 heteroatoms. The highest BCUT2D eigenvalue weighted by Gasteiger charge is 2.14. The quantitative estimate of drug-likeness (QED) is 0.795. The molecule has 18 heavy (non-hydrogen) atoms. The van der Waals surface area contributed by atoms with Gasteiger partial charge < -0.3 is 15.2 Å². The fraction of sp³-hybridized carbons (Fsp3) is 0.385. The Morgan fingerprint density at radius 2 is 1.94 bits per heavy atom. The van der Waals surface area contributed by atoms with Crippen LogP contribution in [0.2, 0.25) is 0 Å². The molecule has 0 aliphatic heterocycles. The van der Waals surface area contributed by atoms with Crippen molar-refractivity contribution < 1.29 is 19.1 Å². The molecule has 0 aliphatic rings. The van der Waals surface area contributed by atoms with Crippen molar-refractivity contribution in [3.8, 4) is 5.75 Å². The molecule has 5 nitrogen and oxygen atoms in total. The zero-order chi connectivity index (χ0) is 13.7. The van der Waals surface area contributed by atoms with Gasteiger partial charge in [-0.1, -0.05) is 6.07 Å². The van der Waals surface area contributed by atoms with Crippen LogP contribution in [0.5, 0.6) is 5.75 Å². The van der Waals surface area contributed by atoms with Crippen molar-refractivity contribution >= 4 is 11.9 Å². The van der Waals surface area contributed by atoms with Crippen molar-refractivity contribution in [3.05, 3.63) is 29.3 Å². The van der Waals surface area contributed by atoms with Gasteiger partial charge in [-0.3, -0.25) is 4.79 Å². The van der Waals surface area contributed by atoms with Gasteiger partial charge in [0.25, 0.3) is 5.91 Å². The molecule has 0 heterocycles. The van der Waals surface area contributed by atoms with E-state index in [0.717, 1.165) is 11.1 Å². The summed E-state index contributed by atoms with van der Waals surface area (Å²) in [4.78, 5) is 22.0. The van der Waals surface area contributed by atoms with Gasteiger partial charge >= 0.3 is 5.97 Å². The van der Waals surface area contributed by atoms with E-state index in [1.54, 1.807) is 6.07 Å². The van der Waals surface area contributed by atoms with Crippen LogP contribution in [0.15, 0.2) is 18.2 Å². The number of amides is 1. The molecule has 0 unspecified atom stereocenters. The fourth-order valence-corrected chi connectivity index (χ4v) is 1.24. The van der Waals surface area contributed by atoms with Crippen LogP contribution in [0.1, 0.15) is 18.1 Å². The van der Waals surface area contributed by atoms with Gasteiger partial charge in [-0.25, -0.2) is 4.79 Å². The molecule has 2 N–H and O–H groups in total. The second kappa shape index (κ2) is 6.05. The molecule has 98 valence electrons. The molecule has 0 bridgehead atoms. The zero-order valence-corrected chi connectivity index (χ0v) is 10.7. The topological polar surface area (TPSA) is 78.6 Å². The minimum atomic E-state index is -0.944. The number of ether oxygens (including phenoxy) is 2. The molecular weight excluding hydrogens is 234 g/mol. The maximum absolute atomic E-state index is 11.3. The van der Waals surface area contributed by atoms with Gasteiger partial charge in [-0.15, -0.1) is 0 Å². The first-order chi connectivity index (χ1) is 8.40. The number of carbonyl (C=O) groups excluding carboxylic acids is 2. The highest BCUT2D eigenvalue weighted by Crippen LogP contribution is 2.16. The molecule has 0 fully saturated rings. The molecule has 1 atom stereocenters. The maximum Gasteiger partial charge on any atom is 0.344 e. The standard InChI is InChI=1S/C13H17NO4/c1-8-4-5-11(6-9(8)2)17-7-12(15)18-10(3)13(14)16/h4-6,10H,7H2,1-3H3,(H2,14,16)/t10-/m1/s1. The molecule has 0 radical (unpaired) electrons. The number of carbonyl (C=O) groups is 2. The Balaban J connectivity index is 2.47. The average Bonchev–Trinajstić information content (AvgIpc) is 2.30. The number of aryl methyl sites for hydroxylation is 2. The average molecular weight is 251 g/mol. The van der Waals surface area contributed by atoms with Crippen LogP contribution in [0.3, 0.4) is 0 Å². The fourth-order valence-electron chi connectivity index (χ4n) is 1.24. The van der Waals surface area contributed by atoms with Crippen LogP contribution >= 0.6 is 0 Å². The Labute approximate surface area is 106 Å². The van der Waals surface area contributed by atoms with Crippen molar-refractivity contribution in [2.75, 3.05) is 6.61 Å². The van der Waals surface area contributed by atoms with Crippen LogP contribution in [-0.4, -0.2) is 24.6 Å². The summed E-state index contributed by atoms with van der Waals surface area (Å²) in [6, 6.07) is 5.51. The molecule has 0 saturated carbocycles. The van der Waals surface area contributed by atoms with E-state index in [4.69, 9.17) is 15.2 Å². The normalized spacial score (nSPS) is 11.7. The van der Waals surface area contributed by atoms with Crippen LogP contribution in [0.25, 0.3) is 0 Å². The van der Waals surface area contributed by atoms with Gasteiger partial charge in [0.1, 0.15) is 5.75 Å². The number of esters is 1. The number of hydrogen-bond acceptors (Lipinski definition) is 4. The summed E-state index contributed by atoms with van der Waals surface area (Å²) in [5.41, 5.74) is 7.19. The predicted octanol–water partition coefficient (Wildman–Crippen LogP) is 1.10. The molecular formula is C13H17NO4. The van der Waals surface area contributed by atoms with Gasteiger partial charge in [0.05, 0.1) is 0 Å². The highest BCUT2D eigenvalue weighted by atomic mass is 16.6. The van der Waals surface area contributed by atoms with E-state index in [0.29, 0.717) is 5.75 Å². The lowest BCUT2D eigenvalue weighted by atomic mass is 10.1. The summed E-state index contributed by atoms with van der Waals surface area (Å²) in [5, 5.41) is 0. The first-order valence-corrected chi connectivity index (χ1v) is 5.59. The Morgan fingerprint density at radius 1 is 1.28 bits per heavy atom. The van der Waals surface area contributed by atoms with Crippen molar-refractivity contribution in [2.45, 2.75) is 26.9 Å². The number of primary amides is 1. The summed E-state index contributed by atoms with van der Waals surface area (Å²) in [7, 11) is 0. The van der Waals surface area contributed by atoms with Gasteiger partial charge in [0, 0.05) is 0 Å². The Bertz CT molecular complexity index is 456. The first kappa shape index (κ1) is 14.0. The van der Waals surface area contributed by atoms with Crippen LogP contribution in [-0.2, 0) is 14.3 Å². The Kier molecular flexibility index (Phi) is 4.71. The van der Waals surface area contributed by atoms with Crippen LogP contribution < -0.4 is 10.5 Å². The summed E-state index contributed by atoms with van der Waals surface area (Å²) < 4.78 is 10.0. The lowest BCUT2D eigenvalue weighted by Gasteiger charge is -2.11.